The molecule has 1 aromatic rings. The van der Waals surface area contributed by atoms with Gasteiger partial charge in [-0.1, -0.05) is 160 Å². The minimum absolute atomic E-state index is 0.331. The molecule has 0 saturated heterocycles. The van der Waals surface area contributed by atoms with Crippen LogP contribution in [0.4, 0.5) is 0 Å². The molecule has 3 nitrogen and oxygen atoms in total. The zero-order valence-corrected chi connectivity index (χ0v) is 22.5. The number of hydrogen-bond acceptors (Lipinski definition) is 2. The molecule has 2 N–H and O–H groups in total. The first kappa shape index (κ1) is 32.7. The lowest BCUT2D eigenvalue weighted by Gasteiger charge is -2.04. The zero-order valence-electron chi connectivity index (χ0n) is 22.5. The van der Waals surface area contributed by atoms with Gasteiger partial charge in [0.05, 0.1) is 5.56 Å². The quantitative estimate of drug-likeness (QED) is 0.154. The van der Waals surface area contributed by atoms with Crippen molar-refractivity contribution in [3.05, 3.63) is 35.9 Å². The molecule has 0 fully saturated rings. The maximum Gasteiger partial charge on any atom is 0.335 e. The van der Waals surface area contributed by atoms with E-state index in [0.29, 0.717) is 12.2 Å². The lowest BCUT2D eigenvalue weighted by molar-refractivity contribution is 0.0697. The lowest BCUT2D eigenvalue weighted by atomic mass is 10.0. The summed E-state index contributed by atoms with van der Waals surface area (Å²) in [6.45, 7) is 2.67. The van der Waals surface area contributed by atoms with E-state index in [9.17, 15) is 4.79 Å². The molecule has 0 aliphatic heterocycles. The zero-order chi connectivity index (χ0) is 25.0. The standard InChI is InChI=1S/C24H50O.C7H6O2/c1-2-3-4-5-6-7-8-9-10-11-12-13-14-15-16-17-18-19-20-21-22-23-24-25;8-7(9)6-4-2-1-3-5-6/h25H,2-24H2,1H3;1-5H,(H,8,9). The van der Waals surface area contributed by atoms with Gasteiger partial charge in [-0.2, -0.15) is 0 Å². The van der Waals surface area contributed by atoms with Crippen LogP contribution in [0.2, 0.25) is 0 Å². The fraction of sp³-hybridized carbons (Fsp3) is 0.774. The minimum atomic E-state index is -0.879. The Bertz CT molecular complexity index is 493. The predicted molar refractivity (Wildman–Crippen MR) is 148 cm³/mol. The summed E-state index contributed by atoms with van der Waals surface area (Å²) in [4.78, 5) is 10.2. The SMILES string of the molecule is CCCCCCCCCCCCCCCCCCCCCCCCO.O=C(O)c1ccccc1. The Hall–Kier alpha value is -1.35. The molecule has 0 aliphatic rings. The highest BCUT2D eigenvalue weighted by molar-refractivity contribution is 5.87. The van der Waals surface area contributed by atoms with Crippen LogP contribution >= 0.6 is 0 Å². The number of aliphatic hydroxyl groups is 1. The number of aliphatic hydroxyl groups excluding tert-OH is 1. The topological polar surface area (TPSA) is 57.5 Å². The Morgan fingerprint density at radius 3 is 1.06 bits per heavy atom. The largest absolute Gasteiger partial charge is 0.478 e. The van der Waals surface area contributed by atoms with E-state index in [1.54, 1.807) is 30.3 Å². The van der Waals surface area contributed by atoms with E-state index >= 15 is 0 Å². The summed E-state index contributed by atoms with van der Waals surface area (Å²) >= 11 is 0. The number of carbonyl (C=O) groups is 1. The molecule has 198 valence electrons. The van der Waals surface area contributed by atoms with Gasteiger partial charge in [-0.25, -0.2) is 4.79 Å². The van der Waals surface area contributed by atoms with Gasteiger partial charge in [0.1, 0.15) is 0 Å². The van der Waals surface area contributed by atoms with Crippen molar-refractivity contribution in [2.45, 2.75) is 148 Å². The smallest absolute Gasteiger partial charge is 0.335 e. The molecule has 1 aromatic carbocycles. The number of carboxylic acid groups (broad SMARTS) is 1. The second-order valence-electron chi connectivity index (χ2n) is 9.82. The van der Waals surface area contributed by atoms with Crippen LogP contribution in [-0.4, -0.2) is 22.8 Å². The van der Waals surface area contributed by atoms with Gasteiger partial charge in [-0.15, -0.1) is 0 Å². The first-order valence-electron chi connectivity index (χ1n) is 14.6. The molecule has 0 aliphatic carbocycles. The number of carboxylic acids is 1. The molecule has 0 bridgehead atoms. The van der Waals surface area contributed by atoms with E-state index in [0.717, 1.165) is 6.42 Å². The van der Waals surface area contributed by atoms with Crippen LogP contribution in [0, 0.1) is 0 Å². The summed E-state index contributed by atoms with van der Waals surface area (Å²) in [7, 11) is 0. The first-order valence-corrected chi connectivity index (χ1v) is 14.6. The molecule has 1 rings (SSSR count). The number of hydrogen-bond donors (Lipinski definition) is 2. The van der Waals surface area contributed by atoms with Crippen LogP contribution in [0.25, 0.3) is 0 Å². The molecule has 34 heavy (non-hydrogen) atoms. The highest BCUT2D eigenvalue weighted by atomic mass is 16.4. The van der Waals surface area contributed by atoms with Crippen LogP contribution in [-0.2, 0) is 0 Å². The summed E-state index contributed by atoms with van der Waals surface area (Å²) < 4.78 is 0. The van der Waals surface area contributed by atoms with Crippen LogP contribution < -0.4 is 0 Å². The minimum Gasteiger partial charge on any atom is -0.478 e. The molecular weight excluding hydrogens is 420 g/mol. The van der Waals surface area contributed by atoms with Gasteiger partial charge in [0, 0.05) is 6.61 Å². The second kappa shape index (κ2) is 27.9. The molecule has 0 radical (unpaired) electrons. The fourth-order valence-corrected chi connectivity index (χ4v) is 4.30. The molecule has 0 spiro atoms. The average Bonchev–Trinajstić information content (AvgIpc) is 2.86. The van der Waals surface area contributed by atoms with Crippen LogP contribution in [0.3, 0.4) is 0 Å². The molecule has 0 atom stereocenters. The predicted octanol–water partition coefficient (Wildman–Crippen LogP) is 9.97. The second-order valence-corrected chi connectivity index (χ2v) is 9.82. The van der Waals surface area contributed by atoms with Crippen LogP contribution in [0.15, 0.2) is 30.3 Å². The number of unbranched alkanes of at least 4 members (excludes halogenated alkanes) is 21. The third kappa shape index (κ3) is 25.3. The highest BCUT2D eigenvalue weighted by Crippen LogP contribution is 2.15. The molecule has 0 aromatic heterocycles. The Labute approximate surface area is 211 Å². The fourth-order valence-electron chi connectivity index (χ4n) is 4.30. The van der Waals surface area contributed by atoms with Crippen molar-refractivity contribution in [2.24, 2.45) is 0 Å². The maximum absolute atomic E-state index is 10.2. The number of rotatable bonds is 23. The van der Waals surface area contributed by atoms with E-state index < -0.39 is 5.97 Å². The lowest BCUT2D eigenvalue weighted by Crippen LogP contribution is -1.93. The maximum atomic E-state index is 10.2. The van der Waals surface area contributed by atoms with Gasteiger partial charge in [0.25, 0.3) is 0 Å². The third-order valence-electron chi connectivity index (χ3n) is 6.53. The molecular formula is C31H56O3. The monoisotopic (exact) mass is 476 g/mol. The number of aromatic carboxylic acids is 1. The van der Waals surface area contributed by atoms with Gasteiger partial charge in [0.15, 0.2) is 0 Å². The average molecular weight is 477 g/mol. The van der Waals surface area contributed by atoms with E-state index in [1.165, 1.54) is 135 Å². The van der Waals surface area contributed by atoms with E-state index in [1.807, 2.05) is 0 Å². The van der Waals surface area contributed by atoms with Crippen molar-refractivity contribution in [1.82, 2.24) is 0 Å². The Morgan fingerprint density at radius 1 is 0.529 bits per heavy atom. The first-order chi connectivity index (χ1) is 16.7. The summed E-state index contributed by atoms with van der Waals surface area (Å²) in [6.07, 6.45) is 31.1. The summed E-state index contributed by atoms with van der Waals surface area (Å²) in [5.74, 6) is -0.879. The van der Waals surface area contributed by atoms with Crippen LogP contribution in [0.5, 0.6) is 0 Å². The Balaban J connectivity index is 0.000000999. The van der Waals surface area contributed by atoms with Gasteiger partial charge < -0.3 is 10.2 Å². The van der Waals surface area contributed by atoms with Gasteiger partial charge in [-0.05, 0) is 18.6 Å². The van der Waals surface area contributed by atoms with Crippen molar-refractivity contribution in [1.29, 1.82) is 0 Å². The van der Waals surface area contributed by atoms with Crippen molar-refractivity contribution >= 4 is 5.97 Å². The third-order valence-corrected chi connectivity index (χ3v) is 6.53. The van der Waals surface area contributed by atoms with Gasteiger partial charge in [0.2, 0.25) is 0 Å². The molecule has 0 saturated carbocycles. The highest BCUT2D eigenvalue weighted by Gasteiger charge is 1.97. The molecule has 0 unspecified atom stereocenters. The Kier molecular flexibility index (Phi) is 26.8. The van der Waals surface area contributed by atoms with Gasteiger partial charge >= 0.3 is 5.97 Å². The molecule has 0 heterocycles. The van der Waals surface area contributed by atoms with Crippen molar-refractivity contribution < 1.29 is 15.0 Å². The summed E-state index contributed by atoms with van der Waals surface area (Å²) in [5, 5.41) is 17.1. The number of benzene rings is 1. The van der Waals surface area contributed by atoms with Crippen molar-refractivity contribution in [2.75, 3.05) is 6.61 Å². The van der Waals surface area contributed by atoms with E-state index in [-0.39, 0.29) is 0 Å². The van der Waals surface area contributed by atoms with Crippen LogP contribution in [0.1, 0.15) is 159 Å². The summed E-state index contributed by atoms with van der Waals surface area (Å²) in [6, 6.07) is 8.30. The van der Waals surface area contributed by atoms with Gasteiger partial charge in [-0.3, -0.25) is 0 Å². The van der Waals surface area contributed by atoms with E-state index in [2.05, 4.69) is 6.92 Å². The molecule has 3 heteroatoms. The van der Waals surface area contributed by atoms with Crippen molar-refractivity contribution in [3.8, 4) is 0 Å². The normalized spacial score (nSPS) is 10.6. The van der Waals surface area contributed by atoms with Crippen molar-refractivity contribution in [3.63, 3.8) is 0 Å². The Morgan fingerprint density at radius 2 is 0.824 bits per heavy atom. The summed E-state index contributed by atoms with van der Waals surface area (Å²) in [5.41, 5.74) is 0.331. The van der Waals surface area contributed by atoms with E-state index in [4.69, 9.17) is 10.2 Å². The molecule has 0 amide bonds.